The van der Waals surface area contributed by atoms with Gasteiger partial charge in [-0.2, -0.15) is 0 Å². The number of carboxylic acids is 1. The Labute approximate surface area is 139 Å². The van der Waals surface area contributed by atoms with E-state index in [-0.39, 0.29) is 6.61 Å². The monoisotopic (exact) mass is 329 g/mol. The third kappa shape index (κ3) is 4.65. The van der Waals surface area contributed by atoms with Crippen molar-refractivity contribution in [3.8, 4) is 5.75 Å². The van der Waals surface area contributed by atoms with Gasteiger partial charge in [0.05, 0.1) is 6.61 Å². The van der Waals surface area contributed by atoms with Crippen LogP contribution in [0, 0.1) is 0 Å². The molecule has 2 rings (SSSR count). The molecule has 2 aromatic rings. The quantitative estimate of drug-likeness (QED) is 0.597. The van der Waals surface area contributed by atoms with Gasteiger partial charge in [0.1, 0.15) is 17.9 Å². The first-order valence-electron chi connectivity index (χ1n) is 7.40. The van der Waals surface area contributed by atoms with Crippen LogP contribution in [0.15, 0.2) is 54.6 Å². The number of rotatable bonds is 7. The number of benzene rings is 2. The molecule has 126 valence electrons. The van der Waals surface area contributed by atoms with Gasteiger partial charge in [0.2, 0.25) is 0 Å². The summed E-state index contributed by atoms with van der Waals surface area (Å²) in [5.74, 6) is -1.22. The molecule has 0 bridgehead atoms. The Hall–Kier alpha value is -2.70. The van der Waals surface area contributed by atoms with Crippen molar-refractivity contribution in [2.24, 2.45) is 5.73 Å². The minimum atomic E-state index is -1.21. The van der Waals surface area contributed by atoms with Crippen LogP contribution in [0.4, 0.5) is 0 Å². The minimum Gasteiger partial charge on any atom is -0.480 e. The second kappa shape index (κ2) is 8.24. The van der Waals surface area contributed by atoms with Gasteiger partial charge in [-0.05, 0) is 11.6 Å². The van der Waals surface area contributed by atoms with Crippen molar-refractivity contribution in [2.75, 3.05) is 0 Å². The van der Waals surface area contributed by atoms with Gasteiger partial charge in [0.15, 0.2) is 0 Å². The van der Waals surface area contributed by atoms with Gasteiger partial charge in [0.25, 0.3) is 0 Å². The topological polar surface area (TPSA) is 98.9 Å². The van der Waals surface area contributed by atoms with Crippen LogP contribution in [-0.4, -0.2) is 23.1 Å². The van der Waals surface area contributed by atoms with E-state index in [9.17, 15) is 14.7 Å². The fraction of sp³-hybridized carbons (Fsp3) is 0.222. The van der Waals surface area contributed by atoms with Crippen LogP contribution >= 0.6 is 0 Å². The van der Waals surface area contributed by atoms with Gasteiger partial charge in [0, 0.05) is 12.5 Å². The predicted molar refractivity (Wildman–Crippen MR) is 87.3 cm³/mol. The Morgan fingerprint density at radius 1 is 1.08 bits per heavy atom. The number of carbonyl (C=O) groups is 2. The first-order chi connectivity index (χ1) is 11.5. The lowest BCUT2D eigenvalue weighted by Crippen LogP contribution is -2.37. The van der Waals surface area contributed by atoms with E-state index < -0.39 is 24.1 Å². The maximum Gasteiger partial charge on any atom is 0.323 e. The van der Waals surface area contributed by atoms with E-state index in [4.69, 9.17) is 15.2 Å². The number of carbonyl (C=O) groups excluding carboxylic acids is 1. The van der Waals surface area contributed by atoms with Crippen molar-refractivity contribution >= 4 is 11.9 Å². The van der Waals surface area contributed by atoms with Gasteiger partial charge in [-0.3, -0.25) is 9.59 Å². The third-order valence-corrected chi connectivity index (χ3v) is 3.38. The van der Waals surface area contributed by atoms with Gasteiger partial charge in [-0.1, -0.05) is 48.5 Å². The van der Waals surface area contributed by atoms with E-state index in [1.54, 1.807) is 48.5 Å². The van der Waals surface area contributed by atoms with Gasteiger partial charge >= 0.3 is 11.9 Å². The number of nitrogens with two attached hydrogens (primary N) is 1. The standard InChI is InChI=1S/C18H19NO5/c1-12(20)24-15-10-6-5-9-14(15)11-23-17(16(19)18(21)22)13-7-3-2-4-8-13/h2-10,16-17H,11,19H2,1H3,(H,21,22)/t16-,17?/m0/s1. The average molecular weight is 329 g/mol. The lowest BCUT2D eigenvalue weighted by molar-refractivity contribution is -0.143. The smallest absolute Gasteiger partial charge is 0.323 e. The fourth-order valence-electron chi connectivity index (χ4n) is 2.24. The van der Waals surface area contributed by atoms with Crippen LogP contribution in [0.5, 0.6) is 5.75 Å². The van der Waals surface area contributed by atoms with E-state index in [0.717, 1.165) is 0 Å². The number of hydrogen-bond acceptors (Lipinski definition) is 5. The molecule has 1 unspecified atom stereocenters. The summed E-state index contributed by atoms with van der Waals surface area (Å²) < 4.78 is 10.9. The molecule has 0 aliphatic heterocycles. The molecule has 0 saturated heterocycles. The number of hydrogen-bond donors (Lipinski definition) is 2. The second-order valence-electron chi connectivity index (χ2n) is 5.21. The van der Waals surface area contributed by atoms with Crippen LogP contribution in [-0.2, 0) is 20.9 Å². The maximum absolute atomic E-state index is 11.3. The average Bonchev–Trinajstić information content (AvgIpc) is 2.56. The predicted octanol–water partition coefficient (Wildman–Crippen LogP) is 2.28. The van der Waals surface area contributed by atoms with Crippen LogP contribution in [0.25, 0.3) is 0 Å². The molecular weight excluding hydrogens is 310 g/mol. The number of para-hydroxylation sites is 1. The third-order valence-electron chi connectivity index (χ3n) is 3.38. The van der Waals surface area contributed by atoms with Crippen LogP contribution in [0.1, 0.15) is 24.2 Å². The van der Waals surface area contributed by atoms with Crippen molar-refractivity contribution in [2.45, 2.75) is 25.7 Å². The Balaban J connectivity index is 2.20. The highest BCUT2D eigenvalue weighted by atomic mass is 16.5. The summed E-state index contributed by atoms with van der Waals surface area (Å²) >= 11 is 0. The molecule has 3 N–H and O–H groups in total. The Kier molecular flexibility index (Phi) is 6.06. The summed E-state index contributed by atoms with van der Waals surface area (Å²) in [6, 6.07) is 14.6. The second-order valence-corrected chi connectivity index (χ2v) is 5.21. The van der Waals surface area contributed by atoms with E-state index in [1.807, 2.05) is 6.07 Å². The molecule has 0 amide bonds. The normalized spacial score (nSPS) is 13.1. The van der Waals surface area contributed by atoms with Crippen molar-refractivity contribution in [1.29, 1.82) is 0 Å². The highest BCUT2D eigenvalue weighted by molar-refractivity contribution is 5.74. The molecular formula is C18H19NO5. The summed E-state index contributed by atoms with van der Waals surface area (Å²) in [6.45, 7) is 1.37. The number of carboxylic acid groups (broad SMARTS) is 1. The first kappa shape index (κ1) is 17.7. The Morgan fingerprint density at radius 3 is 2.33 bits per heavy atom. The molecule has 0 fully saturated rings. The maximum atomic E-state index is 11.3. The number of aliphatic carboxylic acids is 1. The van der Waals surface area contributed by atoms with Gasteiger partial charge in [-0.25, -0.2) is 0 Å². The first-order valence-corrected chi connectivity index (χ1v) is 7.40. The molecule has 0 aliphatic carbocycles. The molecule has 0 aliphatic rings. The highest BCUT2D eigenvalue weighted by Crippen LogP contribution is 2.25. The molecule has 0 heterocycles. The largest absolute Gasteiger partial charge is 0.480 e. The lowest BCUT2D eigenvalue weighted by Gasteiger charge is -2.22. The number of ether oxygens (including phenoxy) is 2. The molecule has 0 spiro atoms. The van der Waals surface area contributed by atoms with E-state index in [0.29, 0.717) is 16.9 Å². The molecule has 2 aromatic carbocycles. The molecule has 6 nitrogen and oxygen atoms in total. The molecule has 6 heteroatoms. The Morgan fingerprint density at radius 2 is 1.71 bits per heavy atom. The summed E-state index contributed by atoms with van der Waals surface area (Å²) in [7, 11) is 0. The zero-order valence-corrected chi connectivity index (χ0v) is 13.2. The lowest BCUT2D eigenvalue weighted by atomic mass is 10.0. The molecule has 0 radical (unpaired) electrons. The van der Waals surface area contributed by atoms with E-state index in [2.05, 4.69) is 0 Å². The summed E-state index contributed by atoms with van der Waals surface area (Å²) in [5.41, 5.74) is 7.06. The SMILES string of the molecule is CC(=O)Oc1ccccc1COC(c1ccccc1)[C@H](N)C(=O)O. The van der Waals surface area contributed by atoms with Gasteiger partial charge < -0.3 is 20.3 Å². The minimum absolute atomic E-state index is 0.0595. The van der Waals surface area contributed by atoms with Crippen molar-refractivity contribution in [3.63, 3.8) is 0 Å². The molecule has 24 heavy (non-hydrogen) atoms. The fourth-order valence-corrected chi connectivity index (χ4v) is 2.24. The van der Waals surface area contributed by atoms with Gasteiger partial charge in [-0.15, -0.1) is 0 Å². The number of esters is 1. The van der Waals surface area contributed by atoms with Crippen LogP contribution < -0.4 is 10.5 Å². The summed E-state index contributed by atoms with van der Waals surface area (Å²) in [5, 5.41) is 9.21. The highest BCUT2D eigenvalue weighted by Gasteiger charge is 2.27. The van der Waals surface area contributed by atoms with Crippen molar-refractivity contribution in [3.05, 3.63) is 65.7 Å². The van der Waals surface area contributed by atoms with Crippen LogP contribution in [0.3, 0.4) is 0 Å². The summed E-state index contributed by atoms with van der Waals surface area (Å²) in [4.78, 5) is 22.4. The molecule has 0 saturated carbocycles. The molecule has 2 atom stereocenters. The Bertz CT molecular complexity index is 702. The summed E-state index contributed by atoms with van der Waals surface area (Å²) in [6.07, 6.45) is -0.825. The van der Waals surface area contributed by atoms with Crippen molar-refractivity contribution in [1.82, 2.24) is 0 Å². The zero-order chi connectivity index (χ0) is 17.5. The van der Waals surface area contributed by atoms with E-state index in [1.165, 1.54) is 6.92 Å². The molecule has 0 aromatic heterocycles. The van der Waals surface area contributed by atoms with Crippen LogP contribution in [0.2, 0.25) is 0 Å². The van der Waals surface area contributed by atoms with E-state index >= 15 is 0 Å². The zero-order valence-electron chi connectivity index (χ0n) is 13.2. The van der Waals surface area contributed by atoms with Crippen molar-refractivity contribution < 1.29 is 24.2 Å².